The zero-order chi connectivity index (χ0) is 14.6. The lowest BCUT2D eigenvalue weighted by atomic mass is 10.1. The summed E-state index contributed by atoms with van der Waals surface area (Å²) in [5, 5.41) is 3.61. The van der Waals surface area contributed by atoms with Crippen molar-refractivity contribution >= 4 is 15.9 Å². The van der Waals surface area contributed by atoms with Gasteiger partial charge in [-0.2, -0.15) is 0 Å². The number of rotatable bonds is 11. The highest BCUT2D eigenvalue weighted by molar-refractivity contribution is 9.10. The summed E-state index contributed by atoms with van der Waals surface area (Å²) >= 11 is 3.48. The first kappa shape index (κ1) is 17.7. The molecule has 1 rings (SSSR count). The van der Waals surface area contributed by atoms with Gasteiger partial charge in [-0.1, -0.05) is 79.9 Å². The first-order valence-electron chi connectivity index (χ1n) is 8.23. The summed E-state index contributed by atoms with van der Waals surface area (Å²) in [6.45, 7) is 5.65. The summed E-state index contributed by atoms with van der Waals surface area (Å²) in [5.74, 6) is 0. The van der Waals surface area contributed by atoms with Gasteiger partial charge >= 0.3 is 0 Å². The molecule has 1 N–H and O–H groups in total. The quantitative estimate of drug-likeness (QED) is 0.470. The van der Waals surface area contributed by atoms with E-state index in [4.69, 9.17) is 0 Å². The molecular formula is C18H30BrN. The molecule has 114 valence electrons. The Kier molecular flexibility index (Phi) is 10.0. The van der Waals surface area contributed by atoms with E-state index in [1.54, 1.807) is 0 Å². The maximum atomic E-state index is 3.61. The molecule has 0 heterocycles. The van der Waals surface area contributed by atoms with E-state index in [2.05, 4.69) is 59.4 Å². The maximum absolute atomic E-state index is 3.61. The number of hydrogen-bond donors (Lipinski definition) is 1. The van der Waals surface area contributed by atoms with Crippen molar-refractivity contribution in [2.45, 2.75) is 71.3 Å². The minimum atomic E-state index is 0.452. The van der Waals surface area contributed by atoms with Gasteiger partial charge in [0.05, 0.1) is 0 Å². The molecule has 1 aromatic rings. The molecule has 0 saturated carbocycles. The molecule has 0 aromatic heterocycles. The van der Waals surface area contributed by atoms with E-state index < -0.39 is 0 Å². The minimum Gasteiger partial charge on any atom is -0.310 e. The van der Waals surface area contributed by atoms with Crippen LogP contribution in [0.25, 0.3) is 0 Å². The number of nitrogens with one attached hydrogen (secondary N) is 1. The third-order valence-electron chi connectivity index (χ3n) is 3.85. The summed E-state index contributed by atoms with van der Waals surface area (Å²) in [4.78, 5) is 0. The van der Waals surface area contributed by atoms with Gasteiger partial charge in [0.25, 0.3) is 0 Å². The Bertz CT molecular complexity index is 334. The molecule has 0 radical (unpaired) electrons. The fraction of sp³-hybridized carbons (Fsp3) is 0.667. The Morgan fingerprint density at radius 1 is 0.900 bits per heavy atom. The average molecular weight is 340 g/mol. The van der Waals surface area contributed by atoms with Gasteiger partial charge in [-0.3, -0.25) is 0 Å². The minimum absolute atomic E-state index is 0.452. The van der Waals surface area contributed by atoms with Gasteiger partial charge in [-0.25, -0.2) is 0 Å². The van der Waals surface area contributed by atoms with Gasteiger partial charge in [0, 0.05) is 10.5 Å². The largest absolute Gasteiger partial charge is 0.310 e. The van der Waals surface area contributed by atoms with Crippen molar-refractivity contribution in [1.29, 1.82) is 0 Å². The molecular weight excluding hydrogens is 310 g/mol. The fourth-order valence-electron chi connectivity index (χ4n) is 2.45. The average Bonchev–Trinajstić information content (AvgIpc) is 2.46. The molecule has 0 bridgehead atoms. The third-order valence-corrected chi connectivity index (χ3v) is 4.38. The van der Waals surface area contributed by atoms with Crippen molar-refractivity contribution in [2.75, 3.05) is 6.54 Å². The first-order valence-corrected chi connectivity index (χ1v) is 9.02. The van der Waals surface area contributed by atoms with E-state index in [9.17, 15) is 0 Å². The van der Waals surface area contributed by atoms with Crippen LogP contribution in [-0.4, -0.2) is 6.54 Å². The van der Waals surface area contributed by atoms with Crippen molar-refractivity contribution in [3.63, 3.8) is 0 Å². The van der Waals surface area contributed by atoms with Gasteiger partial charge in [-0.05, 0) is 37.6 Å². The maximum Gasteiger partial charge on any atom is 0.0291 e. The van der Waals surface area contributed by atoms with Crippen molar-refractivity contribution in [3.8, 4) is 0 Å². The summed E-state index contributed by atoms with van der Waals surface area (Å²) in [5.41, 5.74) is 1.37. The smallest absolute Gasteiger partial charge is 0.0291 e. The molecule has 1 nitrogen and oxygen atoms in total. The van der Waals surface area contributed by atoms with Crippen molar-refractivity contribution in [2.24, 2.45) is 0 Å². The second-order valence-corrected chi connectivity index (χ2v) is 6.62. The molecule has 0 fully saturated rings. The molecule has 2 heteroatoms. The van der Waals surface area contributed by atoms with Crippen LogP contribution in [0.2, 0.25) is 0 Å². The van der Waals surface area contributed by atoms with E-state index in [1.165, 1.54) is 56.9 Å². The Labute approximate surface area is 133 Å². The van der Waals surface area contributed by atoms with E-state index in [-0.39, 0.29) is 0 Å². The lowest BCUT2D eigenvalue weighted by Gasteiger charge is -2.14. The van der Waals surface area contributed by atoms with Gasteiger partial charge in [0.1, 0.15) is 0 Å². The predicted molar refractivity (Wildman–Crippen MR) is 93.2 cm³/mol. The topological polar surface area (TPSA) is 12.0 Å². The highest BCUT2D eigenvalue weighted by Gasteiger charge is 2.03. The molecule has 0 spiro atoms. The van der Waals surface area contributed by atoms with Gasteiger partial charge in [-0.15, -0.1) is 0 Å². The number of unbranched alkanes of at least 4 members (excludes halogenated alkanes) is 7. The summed E-state index contributed by atoms with van der Waals surface area (Å²) < 4.78 is 1.15. The lowest BCUT2D eigenvalue weighted by Crippen LogP contribution is -2.19. The molecule has 0 aliphatic carbocycles. The highest BCUT2D eigenvalue weighted by atomic mass is 79.9. The van der Waals surface area contributed by atoms with Crippen LogP contribution in [0.5, 0.6) is 0 Å². The van der Waals surface area contributed by atoms with Crippen LogP contribution < -0.4 is 5.32 Å². The van der Waals surface area contributed by atoms with Crippen LogP contribution in [0.1, 0.15) is 76.8 Å². The van der Waals surface area contributed by atoms with Crippen molar-refractivity contribution in [1.82, 2.24) is 5.32 Å². The van der Waals surface area contributed by atoms with Crippen LogP contribution in [0.4, 0.5) is 0 Å². The summed E-state index contributed by atoms with van der Waals surface area (Å²) in [6.07, 6.45) is 11.1. The fourth-order valence-corrected chi connectivity index (χ4v) is 2.71. The van der Waals surface area contributed by atoms with E-state index in [0.717, 1.165) is 11.0 Å². The number of halogens is 1. The van der Waals surface area contributed by atoms with Gasteiger partial charge in [0.15, 0.2) is 0 Å². The first-order chi connectivity index (χ1) is 9.74. The Morgan fingerprint density at radius 3 is 2.05 bits per heavy atom. The Morgan fingerprint density at radius 2 is 1.45 bits per heavy atom. The van der Waals surface area contributed by atoms with Crippen LogP contribution in [0, 0.1) is 0 Å². The van der Waals surface area contributed by atoms with Crippen molar-refractivity contribution < 1.29 is 0 Å². The third kappa shape index (κ3) is 8.06. The van der Waals surface area contributed by atoms with Crippen LogP contribution in [-0.2, 0) is 0 Å². The molecule has 0 aliphatic heterocycles. The molecule has 0 saturated heterocycles. The second kappa shape index (κ2) is 11.3. The van der Waals surface area contributed by atoms with Crippen LogP contribution >= 0.6 is 15.9 Å². The van der Waals surface area contributed by atoms with Gasteiger partial charge < -0.3 is 5.32 Å². The van der Waals surface area contributed by atoms with Gasteiger partial charge in [0.2, 0.25) is 0 Å². The number of hydrogen-bond acceptors (Lipinski definition) is 1. The number of benzene rings is 1. The highest BCUT2D eigenvalue weighted by Crippen LogP contribution is 2.16. The molecule has 0 aliphatic rings. The zero-order valence-electron chi connectivity index (χ0n) is 13.1. The molecule has 0 amide bonds. The molecule has 1 aromatic carbocycles. The van der Waals surface area contributed by atoms with E-state index >= 15 is 0 Å². The predicted octanol–water partition coefficient (Wildman–Crippen LogP) is 6.24. The SMILES string of the molecule is CCCCCCCCCCNC(C)c1ccc(Br)cc1. The normalized spacial score (nSPS) is 12.6. The standard InChI is InChI=1S/C18H30BrN/c1-3-4-5-6-7-8-9-10-15-20-16(2)17-11-13-18(19)14-12-17/h11-14,16,20H,3-10,15H2,1-2H3. The van der Waals surface area contributed by atoms with Crippen molar-refractivity contribution in [3.05, 3.63) is 34.3 Å². The molecule has 20 heavy (non-hydrogen) atoms. The van der Waals surface area contributed by atoms with Crippen LogP contribution in [0.3, 0.4) is 0 Å². The summed E-state index contributed by atoms with van der Waals surface area (Å²) in [6, 6.07) is 9.06. The summed E-state index contributed by atoms with van der Waals surface area (Å²) in [7, 11) is 0. The Hall–Kier alpha value is -0.340. The van der Waals surface area contributed by atoms with E-state index in [1.807, 2.05) is 0 Å². The monoisotopic (exact) mass is 339 g/mol. The van der Waals surface area contributed by atoms with E-state index in [0.29, 0.717) is 6.04 Å². The molecule has 1 unspecified atom stereocenters. The zero-order valence-corrected chi connectivity index (χ0v) is 14.7. The lowest BCUT2D eigenvalue weighted by molar-refractivity contribution is 0.521. The molecule has 1 atom stereocenters. The van der Waals surface area contributed by atoms with Crippen LogP contribution in [0.15, 0.2) is 28.7 Å². The second-order valence-electron chi connectivity index (χ2n) is 5.70. The Balaban J connectivity index is 1.99.